The zero-order valence-electron chi connectivity index (χ0n) is 9.89. The summed E-state index contributed by atoms with van der Waals surface area (Å²) in [5.41, 5.74) is 6.81. The van der Waals surface area contributed by atoms with Crippen LogP contribution in [-0.2, 0) is 11.3 Å². The number of nitrogens with two attached hydrogens (primary N) is 1. The van der Waals surface area contributed by atoms with Gasteiger partial charge in [0, 0.05) is 20.6 Å². The van der Waals surface area contributed by atoms with Gasteiger partial charge in [0.2, 0.25) is 0 Å². The number of nitrogens with zero attached hydrogens (tertiary/aromatic N) is 2. The molecule has 4 nitrogen and oxygen atoms in total. The molecule has 4 heteroatoms. The fourth-order valence-electron chi connectivity index (χ4n) is 1.25. The van der Waals surface area contributed by atoms with Crippen molar-refractivity contribution in [1.82, 2.24) is 4.90 Å². The van der Waals surface area contributed by atoms with Crippen molar-refractivity contribution in [3.63, 3.8) is 0 Å². The second kappa shape index (κ2) is 6.85. The van der Waals surface area contributed by atoms with Gasteiger partial charge in [-0.15, -0.1) is 0 Å². The van der Waals surface area contributed by atoms with Crippen molar-refractivity contribution in [2.45, 2.75) is 6.61 Å². The predicted molar refractivity (Wildman–Crippen MR) is 66.3 cm³/mol. The van der Waals surface area contributed by atoms with Crippen LogP contribution in [0.2, 0.25) is 0 Å². The van der Waals surface area contributed by atoms with Crippen molar-refractivity contribution in [2.24, 2.45) is 10.7 Å². The lowest BCUT2D eigenvalue weighted by molar-refractivity contribution is 0.112. The first-order valence-electron chi connectivity index (χ1n) is 5.29. The van der Waals surface area contributed by atoms with Gasteiger partial charge in [0.1, 0.15) is 0 Å². The molecule has 0 amide bonds. The SMILES string of the molecule is CN=C(N)N(C)CCOCc1ccccc1. The van der Waals surface area contributed by atoms with Crippen LogP contribution < -0.4 is 5.73 Å². The monoisotopic (exact) mass is 221 g/mol. The van der Waals surface area contributed by atoms with Crippen molar-refractivity contribution in [3.8, 4) is 0 Å². The zero-order valence-corrected chi connectivity index (χ0v) is 9.89. The van der Waals surface area contributed by atoms with E-state index in [0.717, 1.165) is 6.54 Å². The minimum absolute atomic E-state index is 0.531. The first kappa shape index (κ1) is 12.5. The molecule has 0 aromatic heterocycles. The van der Waals surface area contributed by atoms with Crippen molar-refractivity contribution in [1.29, 1.82) is 0 Å². The number of ether oxygens (including phenoxy) is 1. The molecular formula is C12H19N3O. The summed E-state index contributed by atoms with van der Waals surface area (Å²) in [4.78, 5) is 5.76. The number of guanidine groups is 1. The number of likely N-dealkylation sites (N-methyl/N-ethyl adjacent to an activating group) is 1. The highest BCUT2D eigenvalue weighted by atomic mass is 16.5. The highest BCUT2D eigenvalue weighted by molar-refractivity contribution is 5.77. The molecule has 0 radical (unpaired) electrons. The Labute approximate surface area is 96.7 Å². The molecule has 1 aromatic rings. The Morgan fingerprint density at radius 1 is 1.38 bits per heavy atom. The number of rotatable bonds is 5. The maximum absolute atomic E-state index is 5.63. The lowest BCUT2D eigenvalue weighted by Crippen LogP contribution is -2.36. The quantitative estimate of drug-likeness (QED) is 0.460. The van der Waals surface area contributed by atoms with Gasteiger partial charge >= 0.3 is 0 Å². The smallest absolute Gasteiger partial charge is 0.190 e. The van der Waals surface area contributed by atoms with Gasteiger partial charge in [-0.05, 0) is 5.56 Å². The number of hydrogen-bond acceptors (Lipinski definition) is 2. The van der Waals surface area contributed by atoms with Gasteiger partial charge in [-0.2, -0.15) is 0 Å². The van der Waals surface area contributed by atoms with Gasteiger partial charge in [0.05, 0.1) is 13.2 Å². The third-order valence-corrected chi connectivity index (χ3v) is 2.30. The van der Waals surface area contributed by atoms with Gasteiger partial charge in [-0.25, -0.2) is 0 Å². The van der Waals surface area contributed by atoms with Crippen LogP contribution in [0.3, 0.4) is 0 Å². The van der Waals surface area contributed by atoms with Crippen LogP contribution in [0.5, 0.6) is 0 Å². The van der Waals surface area contributed by atoms with E-state index in [-0.39, 0.29) is 0 Å². The van der Waals surface area contributed by atoms with E-state index in [2.05, 4.69) is 4.99 Å². The minimum atomic E-state index is 0.531. The van der Waals surface area contributed by atoms with E-state index in [1.807, 2.05) is 42.3 Å². The summed E-state index contributed by atoms with van der Waals surface area (Å²) in [7, 11) is 3.57. The zero-order chi connectivity index (χ0) is 11.8. The molecule has 2 N–H and O–H groups in total. The molecule has 0 aliphatic heterocycles. The molecule has 1 rings (SSSR count). The number of hydrogen-bond donors (Lipinski definition) is 1. The van der Waals surface area contributed by atoms with Crippen molar-refractivity contribution in [3.05, 3.63) is 35.9 Å². The average molecular weight is 221 g/mol. The summed E-state index contributed by atoms with van der Waals surface area (Å²) in [5.74, 6) is 0.531. The maximum Gasteiger partial charge on any atom is 0.190 e. The molecule has 0 saturated carbocycles. The highest BCUT2D eigenvalue weighted by Gasteiger charge is 1.99. The Bertz CT molecular complexity index is 324. The predicted octanol–water partition coefficient (Wildman–Crippen LogP) is 1.08. The molecule has 16 heavy (non-hydrogen) atoms. The van der Waals surface area contributed by atoms with E-state index >= 15 is 0 Å². The van der Waals surface area contributed by atoms with Crippen molar-refractivity contribution >= 4 is 5.96 Å². The van der Waals surface area contributed by atoms with E-state index in [4.69, 9.17) is 10.5 Å². The van der Waals surface area contributed by atoms with E-state index in [1.165, 1.54) is 5.56 Å². The Morgan fingerprint density at radius 2 is 2.06 bits per heavy atom. The van der Waals surface area contributed by atoms with Gasteiger partial charge in [-0.1, -0.05) is 30.3 Å². The molecule has 88 valence electrons. The fourth-order valence-corrected chi connectivity index (χ4v) is 1.25. The van der Waals surface area contributed by atoms with E-state index in [0.29, 0.717) is 19.2 Å². The van der Waals surface area contributed by atoms with Crippen LogP contribution in [0.25, 0.3) is 0 Å². The molecule has 0 aliphatic carbocycles. The van der Waals surface area contributed by atoms with E-state index < -0.39 is 0 Å². The van der Waals surface area contributed by atoms with Crippen LogP contribution >= 0.6 is 0 Å². The summed E-state index contributed by atoms with van der Waals surface area (Å²) in [6.45, 7) is 2.02. The Kier molecular flexibility index (Phi) is 5.36. The molecule has 0 unspecified atom stereocenters. The largest absolute Gasteiger partial charge is 0.375 e. The van der Waals surface area contributed by atoms with Crippen LogP contribution in [0, 0.1) is 0 Å². The van der Waals surface area contributed by atoms with E-state index in [9.17, 15) is 0 Å². The molecule has 0 fully saturated rings. The van der Waals surface area contributed by atoms with Gasteiger partial charge in [-0.3, -0.25) is 4.99 Å². The van der Waals surface area contributed by atoms with Crippen LogP contribution in [0.1, 0.15) is 5.56 Å². The standard InChI is InChI=1S/C12H19N3O/c1-14-12(13)15(2)8-9-16-10-11-6-4-3-5-7-11/h3-7H,8-10H2,1-2H3,(H2,13,14). The molecule has 0 heterocycles. The van der Waals surface area contributed by atoms with Crippen molar-refractivity contribution in [2.75, 3.05) is 27.2 Å². The van der Waals surface area contributed by atoms with Gasteiger partial charge in [0.25, 0.3) is 0 Å². The Morgan fingerprint density at radius 3 is 2.69 bits per heavy atom. The summed E-state index contributed by atoms with van der Waals surface area (Å²) in [6, 6.07) is 10.1. The van der Waals surface area contributed by atoms with Gasteiger partial charge < -0.3 is 15.4 Å². The Balaban J connectivity index is 2.17. The first-order valence-corrected chi connectivity index (χ1v) is 5.29. The summed E-state index contributed by atoms with van der Waals surface area (Å²) >= 11 is 0. The summed E-state index contributed by atoms with van der Waals surface area (Å²) < 4.78 is 5.53. The highest BCUT2D eigenvalue weighted by Crippen LogP contribution is 2.00. The number of aliphatic imine (C=N–C) groups is 1. The Hall–Kier alpha value is -1.55. The summed E-state index contributed by atoms with van der Waals surface area (Å²) in [6.07, 6.45) is 0. The normalized spacial score (nSPS) is 11.5. The third-order valence-electron chi connectivity index (χ3n) is 2.30. The molecular weight excluding hydrogens is 202 g/mol. The van der Waals surface area contributed by atoms with Crippen LogP contribution in [-0.4, -0.2) is 38.1 Å². The first-order chi connectivity index (χ1) is 7.74. The van der Waals surface area contributed by atoms with Crippen LogP contribution in [0.15, 0.2) is 35.3 Å². The lowest BCUT2D eigenvalue weighted by atomic mass is 10.2. The fraction of sp³-hybridized carbons (Fsp3) is 0.417. The molecule has 1 aromatic carbocycles. The average Bonchev–Trinajstić information content (AvgIpc) is 2.34. The molecule has 0 aliphatic rings. The molecule has 0 atom stereocenters. The van der Waals surface area contributed by atoms with E-state index in [1.54, 1.807) is 7.05 Å². The molecule has 0 saturated heterocycles. The number of benzene rings is 1. The van der Waals surface area contributed by atoms with Crippen LogP contribution in [0.4, 0.5) is 0 Å². The van der Waals surface area contributed by atoms with Crippen molar-refractivity contribution < 1.29 is 4.74 Å². The second-order valence-electron chi connectivity index (χ2n) is 3.54. The minimum Gasteiger partial charge on any atom is -0.375 e. The maximum atomic E-state index is 5.63. The molecule has 0 spiro atoms. The third kappa shape index (κ3) is 4.31. The lowest BCUT2D eigenvalue weighted by Gasteiger charge is -2.17. The summed E-state index contributed by atoms with van der Waals surface area (Å²) in [5, 5.41) is 0. The topological polar surface area (TPSA) is 50.8 Å². The van der Waals surface area contributed by atoms with Gasteiger partial charge in [0.15, 0.2) is 5.96 Å². The molecule has 0 bridgehead atoms. The second-order valence-corrected chi connectivity index (χ2v) is 3.54.